The predicted molar refractivity (Wildman–Crippen MR) is 77.9 cm³/mol. The van der Waals surface area contributed by atoms with Crippen LogP contribution in [0.4, 0.5) is 0 Å². The summed E-state index contributed by atoms with van der Waals surface area (Å²) in [4.78, 5) is 2.11. The van der Waals surface area contributed by atoms with E-state index in [9.17, 15) is 0 Å². The molecule has 6 heteroatoms. The first-order chi connectivity index (χ1) is 9.15. The molecular weight excluding hydrogens is 282 g/mol. The average molecular weight is 298 g/mol. The van der Waals surface area contributed by atoms with Crippen LogP contribution in [0.2, 0.25) is 4.34 Å². The molecule has 0 N–H and O–H groups in total. The monoisotopic (exact) mass is 297 g/mol. The van der Waals surface area contributed by atoms with Crippen LogP contribution in [0.25, 0.3) is 0 Å². The van der Waals surface area contributed by atoms with Gasteiger partial charge in [0.25, 0.3) is 0 Å². The third kappa shape index (κ3) is 4.45. The van der Waals surface area contributed by atoms with Crippen LogP contribution in [-0.2, 0) is 6.54 Å². The van der Waals surface area contributed by atoms with E-state index in [1.54, 1.807) is 0 Å². The molecule has 1 heterocycles. The van der Waals surface area contributed by atoms with E-state index >= 15 is 0 Å². The molecule has 19 heavy (non-hydrogen) atoms. The smallest absolute Gasteiger partial charge is 0.138 e. The van der Waals surface area contributed by atoms with Gasteiger partial charge in [-0.05, 0) is 26.1 Å². The highest BCUT2D eigenvalue weighted by Gasteiger charge is 2.08. The second-order valence-electron chi connectivity index (χ2n) is 4.39. The van der Waals surface area contributed by atoms with Crippen molar-refractivity contribution in [2.45, 2.75) is 13.5 Å². The summed E-state index contributed by atoms with van der Waals surface area (Å²) in [5.74, 6) is 0.896. The summed E-state index contributed by atoms with van der Waals surface area (Å²) in [6.45, 7) is 4.19. The van der Waals surface area contributed by atoms with Gasteiger partial charge in [0.2, 0.25) is 0 Å². The van der Waals surface area contributed by atoms with Gasteiger partial charge in [0.05, 0.1) is 0 Å². The van der Waals surface area contributed by atoms with Crippen molar-refractivity contribution in [3.05, 3.63) is 39.9 Å². The lowest BCUT2D eigenvalue weighted by atomic mass is 10.2. The van der Waals surface area contributed by atoms with Gasteiger partial charge < -0.3 is 4.74 Å². The predicted octanol–water partition coefficient (Wildman–Crippen LogP) is 3.01. The molecule has 0 aliphatic rings. The van der Waals surface area contributed by atoms with E-state index < -0.39 is 0 Å². The van der Waals surface area contributed by atoms with Gasteiger partial charge in [-0.25, -0.2) is 0 Å². The number of benzene rings is 1. The van der Waals surface area contributed by atoms with E-state index in [2.05, 4.69) is 21.4 Å². The van der Waals surface area contributed by atoms with Gasteiger partial charge in [-0.2, -0.15) is 0 Å². The maximum absolute atomic E-state index is 5.96. The Bertz CT molecular complexity index is 515. The quantitative estimate of drug-likeness (QED) is 0.821. The van der Waals surface area contributed by atoms with Crippen molar-refractivity contribution in [3.8, 4) is 5.75 Å². The number of aromatic nitrogens is 2. The van der Waals surface area contributed by atoms with E-state index in [0.717, 1.165) is 18.0 Å². The van der Waals surface area contributed by atoms with Gasteiger partial charge in [0.1, 0.15) is 22.4 Å². The van der Waals surface area contributed by atoms with Crippen LogP contribution < -0.4 is 4.74 Å². The highest BCUT2D eigenvalue weighted by atomic mass is 35.5. The number of aryl methyl sites for hydroxylation is 1. The Kier molecular flexibility index (Phi) is 5.13. The highest BCUT2D eigenvalue weighted by molar-refractivity contribution is 7.10. The molecule has 0 aliphatic carbocycles. The van der Waals surface area contributed by atoms with E-state index in [1.165, 1.54) is 17.1 Å². The molecule has 0 saturated carbocycles. The van der Waals surface area contributed by atoms with Crippen LogP contribution >= 0.6 is 23.1 Å². The van der Waals surface area contributed by atoms with Crippen LogP contribution in [0.15, 0.2) is 24.3 Å². The maximum atomic E-state index is 5.96. The summed E-state index contributed by atoms with van der Waals surface area (Å²) in [7, 11) is 2.01. The number of hydrogen-bond donors (Lipinski definition) is 0. The van der Waals surface area contributed by atoms with Crippen molar-refractivity contribution in [3.63, 3.8) is 0 Å². The Labute approximate surface area is 122 Å². The summed E-state index contributed by atoms with van der Waals surface area (Å²) in [5, 5.41) is 3.99. The van der Waals surface area contributed by atoms with Crippen LogP contribution in [0.5, 0.6) is 5.75 Å². The molecule has 0 unspecified atom stereocenters. The molecule has 2 rings (SSSR count). The molecule has 0 spiro atoms. The SMILES string of the molecule is Cc1ccc(OCCN(C)Cc2nnsc2Cl)cc1. The van der Waals surface area contributed by atoms with E-state index in [4.69, 9.17) is 16.3 Å². The molecule has 1 aromatic carbocycles. The first kappa shape index (κ1) is 14.2. The Morgan fingerprint density at radius 2 is 2.05 bits per heavy atom. The fourth-order valence-corrected chi connectivity index (χ4v) is 2.19. The zero-order valence-corrected chi connectivity index (χ0v) is 12.5. The van der Waals surface area contributed by atoms with Crippen LogP contribution in [0.1, 0.15) is 11.3 Å². The van der Waals surface area contributed by atoms with Gasteiger partial charge in [0.15, 0.2) is 0 Å². The summed E-state index contributed by atoms with van der Waals surface area (Å²) >= 11 is 7.18. The number of hydrogen-bond acceptors (Lipinski definition) is 5. The van der Waals surface area contributed by atoms with Gasteiger partial charge in [-0.1, -0.05) is 33.8 Å². The number of halogens is 1. The second-order valence-corrected chi connectivity index (χ2v) is 5.75. The molecule has 4 nitrogen and oxygen atoms in total. The van der Waals surface area contributed by atoms with Crippen LogP contribution in [-0.4, -0.2) is 34.7 Å². The third-order valence-electron chi connectivity index (χ3n) is 2.69. The lowest BCUT2D eigenvalue weighted by Crippen LogP contribution is -2.24. The van der Waals surface area contributed by atoms with Crippen molar-refractivity contribution >= 4 is 23.1 Å². The highest BCUT2D eigenvalue weighted by Crippen LogP contribution is 2.18. The minimum Gasteiger partial charge on any atom is -0.492 e. The topological polar surface area (TPSA) is 38.2 Å². The van der Waals surface area contributed by atoms with Gasteiger partial charge in [-0.3, -0.25) is 4.90 Å². The average Bonchev–Trinajstić information content (AvgIpc) is 2.78. The summed E-state index contributed by atoms with van der Waals surface area (Å²) < 4.78 is 10.1. The molecule has 102 valence electrons. The van der Waals surface area contributed by atoms with Crippen LogP contribution in [0.3, 0.4) is 0 Å². The number of ether oxygens (including phenoxy) is 1. The number of likely N-dealkylation sites (N-methyl/N-ethyl adjacent to an activating group) is 1. The standard InChI is InChI=1S/C13H16ClN3OS/c1-10-3-5-11(6-4-10)18-8-7-17(2)9-12-13(14)19-16-15-12/h3-6H,7-9H2,1-2H3. The molecule has 0 fully saturated rings. The van der Waals surface area contributed by atoms with Crippen molar-refractivity contribution < 1.29 is 4.74 Å². The van der Waals surface area contributed by atoms with Crippen molar-refractivity contribution in [1.82, 2.24) is 14.5 Å². The Morgan fingerprint density at radius 1 is 1.32 bits per heavy atom. The molecule has 0 amide bonds. The second kappa shape index (κ2) is 6.84. The first-order valence-corrected chi connectivity index (χ1v) is 7.15. The summed E-state index contributed by atoms with van der Waals surface area (Å²) in [6.07, 6.45) is 0. The Morgan fingerprint density at radius 3 is 2.68 bits per heavy atom. The van der Waals surface area contributed by atoms with Crippen molar-refractivity contribution in [1.29, 1.82) is 0 Å². The molecule has 0 radical (unpaired) electrons. The molecule has 0 aliphatic heterocycles. The van der Waals surface area contributed by atoms with Gasteiger partial charge >= 0.3 is 0 Å². The number of nitrogens with zero attached hydrogens (tertiary/aromatic N) is 3. The fraction of sp³-hybridized carbons (Fsp3) is 0.385. The minimum atomic E-state index is 0.634. The van der Waals surface area contributed by atoms with Crippen molar-refractivity contribution in [2.75, 3.05) is 20.2 Å². The van der Waals surface area contributed by atoms with E-state index in [0.29, 0.717) is 17.5 Å². The lowest BCUT2D eigenvalue weighted by molar-refractivity contribution is 0.231. The first-order valence-electron chi connectivity index (χ1n) is 6.00. The van der Waals surface area contributed by atoms with Gasteiger partial charge in [0, 0.05) is 24.6 Å². The van der Waals surface area contributed by atoms with Crippen LogP contribution in [0, 0.1) is 6.92 Å². The van der Waals surface area contributed by atoms with Gasteiger partial charge in [-0.15, -0.1) is 5.10 Å². The molecular formula is C13H16ClN3OS. The zero-order valence-electron chi connectivity index (χ0n) is 11.0. The fourth-order valence-electron chi connectivity index (χ4n) is 1.58. The molecule has 0 atom stereocenters. The molecule has 0 saturated heterocycles. The van der Waals surface area contributed by atoms with Crippen molar-refractivity contribution in [2.24, 2.45) is 0 Å². The molecule has 1 aromatic heterocycles. The summed E-state index contributed by atoms with van der Waals surface area (Å²) in [5.41, 5.74) is 2.06. The number of rotatable bonds is 6. The zero-order chi connectivity index (χ0) is 13.7. The Hall–Kier alpha value is -1.17. The largest absolute Gasteiger partial charge is 0.492 e. The molecule has 0 bridgehead atoms. The van der Waals surface area contributed by atoms with E-state index in [1.807, 2.05) is 31.3 Å². The normalized spacial score (nSPS) is 10.9. The molecule has 2 aromatic rings. The Balaban J connectivity index is 1.73. The third-order valence-corrected chi connectivity index (χ3v) is 3.68. The lowest BCUT2D eigenvalue weighted by Gasteiger charge is -2.15. The summed E-state index contributed by atoms with van der Waals surface area (Å²) in [6, 6.07) is 8.05. The van der Waals surface area contributed by atoms with E-state index in [-0.39, 0.29) is 0 Å². The maximum Gasteiger partial charge on any atom is 0.138 e. The minimum absolute atomic E-state index is 0.634.